The summed E-state index contributed by atoms with van der Waals surface area (Å²) in [5, 5.41) is 8.25. The molecule has 0 aliphatic carbocycles. The average molecular weight is 389 g/mol. The van der Waals surface area contributed by atoms with Crippen molar-refractivity contribution >= 4 is 40.5 Å². The van der Waals surface area contributed by atoms with Crippen molar-refractivity contribution in [1.82, 2.24) is 0 Å². The number of hydrogen-bond donors (Lipinski definition) is 3. The van der Waals surface area contributed by atoms with Crippen LogP contribution in [0.2, 0.25) is 0 Å². The lowest BCUT2D eigenvalue weighted by Crippen LogP contribution is -2.29. The van der Waals surface area contributed by atoms with E-state index in [0.717, 1.165) is 11.4 Å². The van der Waals surface area contributed by atoms with Crippen molar-refractivity contribution in [1.29, 1.82) is 0 Å². The van der Waals surface area contributed by atoms with E-state index in [-0.39, 0.29) is 0 Å². The van der Waals surface area contributed by atoms with Gasteiger partial charge in [-0.25, -0.2) is 4.79 Å². The van der Waals surface area contributed by atoms with Gasteiger partial charge in [0.1, 0.15) is 0 Å². The number of rotatable bonds is 5. The van der Waals surface area contributed by atoms with Gasteiger partial charge in [0.25, 0.3) is 0 Å². The van der Waals surface area contributed by atoms with Gasteiger partial charge in [-0.3, -0.25) is 9.59 Å². The van der Waals surface area contributed by atoms with Crippen molar-refractivity contribution in [3.63, 3.8) is 0 Å². The van der Waals surface area contributed by atoms with Gasteiger partial charge in [0.2, 0.25) is 0 Å². The number of para-hydroxylation sites is 1. The van der Waals surface area contributed by atoms with E-state index in [9.17, 15) is 14.4 Å². The van der Waals surface area contributed by atoms with Gasteiger partial charge in [-0.15, -0.1) is 0 Å². The Kier molecular flexibility index (Phi) is 6.22. The second-order valence-electron chi connectivity index (χ2n) is 6.05. The minimum absolute atomic E-state index is 0.346. The summed E-state index contributed by atoms with van der Waals surface area (Å²) in [5.74, 6) is -2.10. The third-order valence-corrected chi connectivity index (χ3v) is 3.98. The third-order valence-electron chi connectivity index (χ3n) is 3.98. The van der Waals surface area contributed by atoms with Crippen LogP contribution in [0.15, 0.2) is 78.9 Å². The molecule has 7 nitrogen and oxygen atoms in total. The molecule has 0 spiro atoms. The van der Waals surface area contributed by atoms with Crippen LogP contribution in [0.25, 0.3) is 0 Å². The molecule has 0 bridgehead atoms. The molecule has 0 saturated heterocycles. The molecule has 3 aromatic carbocycles. The van der Waals surface area contributed by atoms with Crippen LogP contribution in [0.4, 0.5) is 22.7 Å². The fourth-order valence-electron chi connectivity index (χ4n) is 2.51. The van der Waals surface area contributed by atoms with Crippen molar-refractivity contribution in [3.05, 3.63) is 84.4 Å². The molecule has 0 aliphatic heterocycles. The summed E-state index contributed by atoms with van der Waals surface area (Å²) in [7, 11) is 1.28. The molecule has 3 aromatic rings. The largest absolute Gasteiger partial charge is 0.465 e. The van der Waals surface area contributed by atoms with E-state index in [2.05, 4.69) is 20.7 Å². The Balaban J connectivity index is 1.55. The highest BCUT2D eigenvalue weighted by atomic mass is 16.5. The molecule has 0 aliphatic rings. The summed E-state index contributed by atoms with van der Waals surface area (Å²) in [6, 6.07) is 22.7. The average Bonchev–Trinajstić information content (AvgIpc) is 2.75. The van der Waals surface area contributed by atoms with E-state index >= 15 is 0 Å². The van der Waals surface area contributed by atoms with Crippen LogP contribution < -0.4 is 16.0 Å². The van der Waals surface area contributed by atoms with Crippen molar-refractivity contribution in [2.45, 2.75) is 0 Å². The van der Waals surface area contributed by atoms with E-state index in [4.69, 9.17) is 0 Å². The molecule has 0 aromatic heterocycles. The first-order chi connectivity index (χ1) is 14.0. The Morgan fingerprint density at radius 2 is 1.07 bits per heavy atom. The van der Waals surface area contributed by atoms with Gasteiger partial charge < -0.3 is 20.7 Å². The molecule has 7 heteroatoms. The van der Waals surface area contributed by atoms with Crippen molar-refractivity contribution < 1.29 is 19.1 Å². The number of methoxy groups -OCH3 is 1. The first-order valence-corrected chi connectivity index (χ1v) is 8.78. The normalized spacial score (nSPS) is 9.97. The smallest absolute Gasteiger partial charge is 0.337 e. The summed E-state index contributed by atoms with van der Waals surface area (Å²) >= 11 is 0. The lowest BCUT2D eigenvalue weighted by Gasteiger charge is -2.09. The molecular weight excluding hydrogens is 370 g/mol. The van der Waals surface area contributed by atoms with Crippen LogP contribution in [0.5, 0.6) is 0 Å². The lowest BCUT2D eigenvalue weighted by molar-refractivity contribution is -0.132. The SMILES string of the molecule is COC(=O)c1ccc(NC(=O)C(=O)Nc2ccc(Nc3ccccc3)cc2)cc1. The summed E-state index contributed by atoms with van der Waals surface area (Å²) in [6.45, 7) is 0. The molecule has 0 saturated carbocycles. The highest BCUT2D eigenvalue weighted by Gasteiger charge is 2.14. The quantitative estimate of drug-likeness (QED) is 0.456. The zero-order valence-electron chi connectivity index (χ0n) is 15.6. The van der Waals surface area contributed by atoms with Gasteiger partial charge in [0, 0.05) is 22.7 Å². The predicted octanol–water partition coefficient (Wildman–Crippen LogP) is 3.79. The van der Waals surface area contributed by atoms with E-state index in [1.165, 1.54) is 31.4 Å². The number of amides is 2. The van der Waals surface area contributed by atoms with Crippen LogP contribution >= 0.6 is 0 Å². The van der Waals surface area contributed by atoms with Crippen molar-refractivity contribution in [2.24, 2.45) is 0 Å². The fraction of sp³-hybridized carbons (Fsp3) is 0.0455. The Hall–Kier alpha value is -4.13. The molecule has 0 fully saturated rings. The maximum atomic E-state index is 12.1. The summed E-state index contributed by atoms with van der Waals surface area (Å²) in [6.07, 6.45) is 0. The Morgan fingerprint density at radius 3 is 1.59 bits per heavy atom. The molecular formula is C22H19N3O4. The van der Waals surface area contributed by atoms with Crippen LogP contribution in [0.1, 0.15) is 10.4 Å². The summed E-state index contributed by atoms with van der Waals surface area (Å²) in [4.78, 5) is 35.6. The van der Waals surface area contributed by atoms with Crippen LogP contribution in [-0.2, 0) is 14.3 Å². The second-order valence-corrected chi connectivity index (χ2v) is 6.05. The number of ether oxygens (including phenoxy) is 1. The van der Waals surface area contributed by atoms with Crippen molar-refractivity contribution in [2.75, 3.05) is 23.1 Å². The summed E-state index contributed by atoms with van der Waals surface area (Å²) < 4.78 is 4.61. The van der Waals surface area contributed by atoms with E-state index in [1.54, 1.807) is 24.3 Å². The molecule has 0 radical (unpaired) electrons. The Labute approximate surface area is 167 Å². The number of benzene rings is 3. The maximum absolute atomic E-state index is 12.1. The van der Waals surface area contributed by atoms with E-state index < -0.39 is 17.8 Å². The molecule has 3 rings (SSSR count). The molecule has 0 unspecified atom stereocenters. The Morgan fingerprint density at radius 1 is 0.621 bits per heavy atom. The summed E-state index contributed by atoms with van der Waals surface area (Å²) in [5.41, 5.74) is 3.02. The minimum Gasteiger partial charge on any atom is -0.465 e. The number of hydrogen-bond acceptors (Lipinski definition) is 5. The molecule has 146 valence electrons. The Bertz CT molecular complexity index is 1000. The van der Waals surface area contributed by atoms with Gasteiger partial charge in [-0.05, 0) is 60.7 Å². The van der Waals surface area contributed by atoms with Crippen LogP contribution in [0.3, 0.4) is 0 Å². The standard InChI is InChI=1S/C22H19N3O4/c1-29-22(28)15-7-9-18(10-8-15)24-20(26)21(27)25-19-13-11-17(12-14-19)23-16-5-3-2-4-6-16/h2-14,23H,1H3,(H,24,26)(H,25,27). The third kappa shape index (κ3) is 5.43. The number of carbonyl (C=O) groups is 3. The number of carbonyl (C=O) groups excluding carboxylic acids is 3. The van der Waals surface area contributed by atoms with Crippen LogP contribution in [-0.4, -0.2) is 24.9 Å². The highest BCUT2D eigenvalue weighted by molar-refractivity contribution is 6.43. The molecule has 3 N–H and O–H groups in total. The van der Waals surface area contributed by atoms with Gasteiger partial charge in [-0.1, -0.05) is 18.2 Å². The predicted molar refractivity (Wildman–Crippen MR) is 111 cm³/mol. The second kappa shape index (κ2) is 9.18. The maximum Gasteiger partial charge on any atom is 0.337 e. The van der Waals surface area contributed by atoms with Gasteiger partial charge in [0.15, 0.2) is 0 Å². The molecule has 0 heterocycles. The monoisotopic (exact) mass is 389 g/mol. The first-order valence-electron chi connectivity index (χ1n) is 8.78. The topological polar surface area (TPSA) is 96.5 Å². The first kappa shape index (κ1) is 19.6. The van der Waals surface area contributed by atoms with E-state index in [1.807, 2.05) is 30.3 Å². The fourth-order valence-corrected chi connectivity index (χ4v) is 2.51. The molecule has 29 heavy (non-hydrogen) atoms. The van der Waals surface area contributed by atoms with Crippen LogP contribution in [0, 0.1) is 0 Å². The van der Waals surface area contributed by atoms with Gasteiger partial charge in [-0.2, -0.15) is 0 Å². The lowest BCUT2D eigenvalue weighted by atomic mass is 10.2. The number of anilines is 4. The van der Waals surface area contributed by atoms with Gasteiger partial charge in [0.05, 0.1) is 12.7 Å². The van der Waals surface area contributed by atoms with Gasteiger partial charge >= 0.3 is 17.8 Å². The highest BCUT2D eigenvalue weighted by Crippen LogP contribution is 2.18. The zero-order chi connectivity index (χ0) is 20.6. The zero-order valence-corrected chi connectivity index (χ0v) is 15.6. The molecule has 0 atom stereocenters. The molecule has 2 amide bonds. The van der Waals surface area contributed by atoms with Crippen molar-refractivity contribution in [3.8, 4) is 0 Å². The number of esters is 1. The minimum atomic E-state index is -0.817. The van der Waals surface area contributed by atoms with E-state index in [0.29, 0.717) is 16.9 Å². The number of nitrogens with one attached hydrogen (secondary N) is 3.